The van der Waals surface area contributed by atoms with Crippen LogP contribution in [-0.4, -0.2) is 29.1 Å². The minimum Gasteiger partial charge on any atom is -0.335 e. The fraction of sp³-hybridized carbons (Fsp3) is 0.625. The van der Waals surface area contributed by atoms with Crippen LogP contribution < -0.4 is 0 Å². The molecular formula is C8H13NOS. The van der Waals surface area contributed by atoms with Gasteiger partial charge in [0.25, 0.3) is 0 Å². The van der Waals surface area contributed by atoms with E-state index in [2.05, 4.69) is 19.2 Å². The van der Waals surface area contributed by atoms with Gasteiger partial charge in [-0.2, -0.15) is 12.6 Å². The number of hydrogen-bond donors (Lipinski definition) is 1. The van der Waals surface area contributed by atoms with Crippen molar-refractivity contribution in [3.8, 4) is 0 Å². The zero-order chi connectivity index (χ0) is 8.27. The molecule has 0 aromatic heterocycles. The molecule has 0 aliphatic heterocycles. The maximum absolute atomic E-state index is 11.2. The van der Waals surface area contributed by atoms with Gasteiger partial charge in [-0.3, -0.25) is 4.79 Å². The van der Waals surface area contributed by atoms with Crippen molar-refractivity contribution in [1.82, 2.24) is 4.90 Å². The second kappa shape index (κ2) is 3.81. The van der Waals surface area contributed by atoms with E-state index in [-0.39, 0.29) is 5.91 Å². The summed E-state index contributed by atoms with van der Waals surface area (Å²) in [4.78, 5) is 13.0. The molecule has 0 saturated heterocycles. The summed E-state index contributed by atoms with van der Waals surface area (Å²) in [6.07, 6.45) is 4.06. The number of hydrogen-bond acceptors (Lipinski definition) is 2. The van der Waals surface area contributed by atoms with Gasteiger partial charge in [0.15, 0.2) is 0 Å². The second-order valence-corrected chi connectivity index (χ2v) is 3.04. The lowest BCUT2D eigenvalue weighted by Gasteiger charge is -2.19. The minimum atomic E-state index is 0.121. The number of carbonyl (C=O) groups is 1. The summed E-state index contributed by atoms with van der Waals surface area (Å²) in [7, 11) is 0. The Morgan fingerprint density at radius 3 is 2.73 bits per heavy atom. The first-order chi connectivity index (χ1) is 5.29. The van der Waals surface area contributed by atoms with Crippen LogP contribution in [0, 0.1) is 0 Å². The molecule has 1 saturated carbocycles. The summed E-state index contributed by atoms with van der Waals surface area (Å²) in [6.45, 7) is 4.28. The molecule has 0 bridgehead atoms. The van der Waals surface area contributed by atoms with Gasteiger partial charge >= 0.3 is 0 Å². The van der Waals surface area contributed by atoms with Gasteiger partial charge in [-0.1, -0.05) is 6.08 Å². The van der Waals surface area contributed by atoms with Crippen molar-refractivity contribution in [2.45, 2.75) is 18.9 Å². The van der Waals surface area contributed by atoms with E-state index >= 15 is 0 Å². The van der Waals surface area contributed by atoms with Crippen molar-refractivity contribution in [3.63, 3.8) is 0 Å². The standard InChI is InChI=1S/C8H13NOS/c1-2-5-9(7-3-4-7)8(10)6-11/h2,7,11H,1,3-6H2. The first-order valence-electron chi connectivity index (χ1n) is 3.80. The summed E-state index contributed by atoms with van der Waals surface area (Å²) in [5, 5.41) is 0. The molecule has 11 heavy (non-hydrogen) atoms. The molecule has 0 aromatic carbocycles. The minimum absolute atomic E-state index is 0.121. The second-order valence-electron chi connectivity index (χ2n) is 2.72. The van der Waals surface area contributed by atoms with Crippen molar-refractivity contribution < 1.29 is 4.79 Å². The summed E-state index contributed by atoms with van der Waals surface area (Å²) in [5.41, 5.74) is 0. The third kappa shape index (κ3) is 2.26. The number of carbonyl (C=O) groups excluding carboxylic acids is 1. The van der Waals surface area contributed by atoms with Crippen LogP contribution in [0.2, 0.25) is 0 Å². The van der Waals surface area contributed by atoms with Gasteiger partial charge in [0.05, 0.1) is 5.75 Å². The Bertz CT molecular complexity index is 165. The summed E-state index contributed by atoms with van der Waals surface area (Å²) in [6, 6.07) is 0.479. The Kier molecular flexibility index (Phi) is 3.00. The Morgan fingerprint density at radius 2 is 2.36 bits per heavy atom. The lowest BCUT2D eigenvalue weighted by Crippen LogP contribution is -2.34. The van der Waals surface area contributed by atoms with Crippen LogP contribution in [0.1, 0.15) is 12.8 Å². The summed E-state index contributed by atoms with van der Waals surface area (Å²) >= 11 is 3.94. The third-order valence-electron chi connectivity index (χ3n) is 1.77. The van der Waals surface area contributed by atoms with E-state index in [1.807, 2.05) is 4.90 Å². The smallest absolute Gasteiger partial charge is 0.232 e. The van der Waals surface area contributed by atoms with E-state index < -0.39 is 0 Å². The lowest BCUT2D eigenvalue weighted by atomic mass is 10.4. The van der Waals surface area contributed by atoms with Gasteiger partial charge in [0, 0.05) is 12.6 Å². The van der Waals surface area contributed by atoms with Gasteiger partial charge in [0.2, 0.25) is 5.91 Å². The highest BCUT2D eigenvalue weighted by atomic mass is 32.1. The van der Waals surface area contributed by atoms with Gasteiger partial charge in [0.1, 0.15) is 0 Å². The molecular weight excluding hydrogens is 158 g/mol. The fourth-order valence-electron chi connectivity index (χ4n) is 1.07. The molecule has 1 fully saturated rings. The highest BCUT2D eigenvalue weighted by Crippen LogP contribution is 2.26. The van der Waals surface area contributed by atoms with Crippen molar-refractivity contribution >= 4 is 18.5 Å². The first-order valence-corrected chi connectivity index (χ1v) is 4.44. The van der Waals surface area contributed by atoms with Crippen molar-refractivity contribution in [1.29, 1.82) is 0 Å². The van der Waals surface area contributed by atoms with Gasteiger partial charge in [-0.05, 0) is 12.8 Å². The van der Waals surface area contributed by atoms with E-state index in [1.165, 1.54) is 0 Å². The van der Waals surface area contributed by atoms with E-state index in [4.69, 9.17) is 0 Å². The first kappa shape index (κ1) is 8.65. The normalized spacial score (nSPS) is 16.1. The molecule has 0 aromatic rings. The summed E-state index contributed by atoms with van der Waals surface area (Å²) in [5.74, 6) is 0.431. The van der Waals surface area contributed by atoms with E-state index in [0.29, 0.717) is 18.3 Å². The topological polar surface area (TPSA) is 20.3 Å². The van der Waals surface area contributed by atoms with Crippen LogP contribution in [0.15, 0.2) is 12.7 Å². The Balaban J connectivity index is 2.43. The number of nitrogens with zero attached hydrogens (tertiary/aromatic N) is 1. The highest BCUT2D eigenvalue weighted by molar-refractivity contribution is 7.81. The Morgan fingerprint density at radius 1 is 1.73 bits per heavy atom. The molecule has 1 rings (SSSR count). The molecule has 0 spiro atoms. The molecule has 0 heterocycles. The molecule has 0 unspecified atom stereocenters. The van der Waals surface area contributed by atoms with Crippen LogP contribution in [0.3, 0.4) is 0 Å². The fourth-order valence-corrected chi connectivity index (χ4v) is 1.25. The van der Waals surface area contributed by atoms with Crippen LogP contribution in [0.5, 0.6) is 0 Å². The number of rotatable bonds is 4. The Labute approximate surface area is 72.7 Å². The van der Waals surface area contributed by atoms with Crippen LogP contribution in [0.25, 0.3) is 0 Å². The van der Waals surface area contributed by atoms with Gasteiger partial charge < -0.3 is 4.90 Å². The molecule has 1 aliphatic rings. The third-order valence-corrected chi connectivity index (χ3v) is 2.04. The molecule has 62 valence electrons. The lowest BCUT2D eigenvalue weighted by molar-refractivity contribution is -0.128. The molecule has 3 heteroatoms. The van der Waals surface area contributed by atoms with E-state index in [1.54, 1.807) is 6.08 Å². The maximum Gasteiger partial charge on any atom is 0.232 e. The zero-order valence-corrected chi connectivity index (χ0v) is 7.39. The van der Waals surface area contributed by atoms with Crippen LogP contribution in [-0.2, 0) is 4.79 Å². The molecule has 0 radical (unpaired) electrons. The van der Waals surface area contributed by atoms with Crippen LogP contribution >= 0.6 is 12.6 Å². The summed E-state index contributed by atoms with van der Waals surface area (Å²) < 4.78 is 0. The molecule has 0 N–H and O–H groups in total. The van der Waals surface area contributed by atoms with Crippen molar-refractivity contribution in [3.05, 3.63) is 12.7 Å². The van der Waals surface area contributed by atoms with E-state index in [9.17, 15) is 4.79 Å². The predicted octanol–water partition coefficient (Wildman–Crippen LogP) is 1.09. The van der Waals surface area contributed by atoms with Crippen molar-refractivity contribution in [2.24, 2.45) is 0 Å². The Hall–Kier alpha value is -0.440. The molecule has 2 nitrogen and oxygen atoms in total. The maximum atomic E-state index is 11.2. The van der Waals surface area contributed by atoms with Crippen molar-refractivity contribution in [2.75, 3.05) is 12.3 Å². The monoisotopic (exact) mass is 171 g/mol. The average Bonchev–Trinajstić information content (AvgIpc) is 2.81. The van der Waals surface area contributed by atoms with Gasteiger partial charge in [-0.25, -0.2) is 0 Å². The molecule has 1 aliphatic carbocycles. The number of amides is 1. The largest absolute Gasteiger partial charge is 0.335 e. The predicted molar refractivity (Wildman–Crippen MR) is 48.8 cm³/mol. The van der Waals surface area contributed by atoms with Gasteiger partial charge in [-0.15, -0.1) is 6.58 Å². The molecule has 1 amide bonds. The SMILES string of the molecule is C=CCN(C(=O)CS)C1CC1. The average molecular weight is 171 g/mol. The van der Waals surface area contributed by atoms with Crippen LogP contribution in [0.4, 0.5) is 0 Å². The van der Waals surface area contributed by atoms with E-state index in [0.717, 1.165) is 12.8 Å². The number of thiol groups is 1. The molecule has 0 atom stereocenters. The quantitative estimate of drug-likeness (QED) is 0.496. The highest BCUT2D eigenvalue weighted by Gasteiger charge is 2.30. The zero-order valence-electron chi connectivity index (χ0n) is 6.49.